The summed E-state index contributed by atoms with van der Waals surface area (Å²) in [6.45, 7) is 11.6. The Morgan fingerprint density at radius 1 is 1.03 bits per heavy atom. The van der Waals surface area contributed by atoms with Crippen molar-refractivity contribution < 1.29 is 28.6 Å². The Labute approximate surface area is 183 Å². The van der Waals surface area contributed by atoms with E-state index in [2.05, 4.69) is 5.43 Å². The zero-order valence-electron chi connectivity index (χ0n) is 19.1. The fourth-order valence-electron chi connectivity index (χ4n) is 2.65. The lowest BCUT2D eigenvalue weighted by atomic mass is 9.87. The highest BCUT2D eigenvalue weighted by Gasteiger charge is 2.47. The van der Waals surface area contributed by atoms with Crippen LogP contribution in [0.15, 0.2) is 30.3 Å². The van der Waals surface area contributed by atoms with Gasteiger partial charge in [0.15, 0.2) is 5.54 Å². The van der Waals surface area contributed by atoms with Crippen molar-refractivity contribution in [3.8, 4) is 6.07 Å². The average Bonchev–Trinajstić information content (AvgIpc) is 2.62. The van der Waals surface area contributed by atoms with E-state index in [1.165, 1.54) is 0 Å². The van der Waals surface area contributed by atoms with Crippen LogP contribution in [0.1, 0.15) is 60.5 Å². The second-order valence-corrected chi connectivity index (χ2v) is 8.44. The number of amides is 2. The van der Waals surface area contributed by atoms with Crippen LogP contribution >= 0.6 is 0 Å². The highest BCUT2D eigenvalue weighted by atomic mass is 16.6. The van der Waals surface area contributed by atoms with Crippen molar-refractivity contribution in [1.82, 2.24) is 10.4 Å². The first-order valence-corrected chi connectivity index (χ1v) is 9.97. The Bertz CT molecular complexity index is 811. The number of ether oxygens (including phenoxy) is 3. The number of carbonyl (C=O) groups excluding carboxylic acids is 3. The van der Waals surface area contributed by atoms with E-state index in [0.717, 1.165) is 0 Å². The van der Waals surface area contributed by atoms with Crippen LogP contribution in [0.3, 0.4) is 0 Å². The molecule has 0 aromatic heterocycles. The summed E-state index contributed by atoms with van der Waals surface area (Å²) in [7, 11) is 0. The van der Waals surface area contributed by atoms with Gasteiger partial charge in [-0.3, -0.25) is 4.79 Å². The fraction of sp³-hybridized carbons (Fsp3) is 0.545. The van der Waals surface area contributed by atoms with Crippen LogP contribution in [0.2, 0.25) is 0 Å². The summed E-state index contributed by atoms with van der Waals surface area (Å²) in [5.41, 5.74) is -0.205. The standard InChI is InChI=1S/C22H31N3O6/c1-15(2)29-19(27)24-25(20(28)30-16(3)4)22(14-23,17-11-9-8-10-12-17)13-18(26)31-21(5,6)7/h8-12,15-16H,13H2,1-7H3,(H,24,27). The van der Waals surface area contributed by atoms with Gasteiger partial charge in [0.1, 0.15) is 5.60 Å². The van der Waals surface area contributed by atoms with Crippen LogP contribution < -0.4 is 5.43 Å². The molecule has 0 fully saturated rings. The summed E-state index contributed by atoms with van der Waals surface area (Å²) < 4.78 is 15.7. The quantitative estimate of drug-likeness (QED) is 0.409. The third-order valence-corrected chi connectivity index (χ3v) is 3.70. The zero-order chi connectivity index (χ0) is 23.8. The Morgan fingerprint density at radius 3 is 2.03 bits per heavy atom. The maximum atomic E-state index is 13.0. The van der Waals surface area contributed by atoms with Gasteiger partial charge in [-0.1, -0.05) is 30.3 Å². The third kappa shape index (κ3) is 7.81. The SMILES string of the molecule is CC(C)OC(=O)NN(C(=O)OC(C)C)C(C#N)(CC(=O)OC(C)(C)C)c1ccccc1. The highest BCUT2D eigenvalue weighted by molar-refractivity contribution is 5.79. The fourth-order valence-corrected chi connectivity index (χ4v) is 2.65. The summed E-state index contributed by atoms with van der Waals surface area (Å²) in [6.07, 6.45) is -3.59. The van der Waals surface area contributed by atoms with E-state index in [4.69, 9.17) is 14.2 Å². The Morgan fingerprint density at radius 2 is 1.58 bits per heavy atom. The number of nitrogens with zero attached hydrogens (tertiary/aromatic N) is 2. The number of hydrogen-bond donors (Lipinski definition) is 1. The van der Waals surface area contributed by atoms with Crippen molar-refractivity contribution in [3.63, 3.8) is 0 Å². The molecule has 0 saturated carbocycles. The molecule has 31 heavy (non-hydrogen) atoms. The van der Waals surface area contributed by atoms with Crippen molar-refractivity contribution in [2.75, 3.05) is 0 Å². The molecule has 0 aliphatic heterocycles. The predicted molar refractivity (Wildman–Crippen MR) is 112 cm³/mol. The van der Waals surface area contributed by atoms with Gasteiger partial charge in [0.2, 0.25) is 0 Å². The molecule has 0 saturated heterocycles. The van der Waals surface area contributed by atoms with E-state index < -0.39 is 47.9 Å². The Kier molecular flexibility index (Phi) is 8.86. The van der Waals surface area contributed by atoms with Crippen molar-refractivity contribution in [1.29, 1.82) is 5.26 Å². The molecule has 2 amide bonds. The van der Waals surface area contributed by atoms with Crippen LogP contribution in [0.5, 0.6) is 0 Å². The van der Waals surface area contributed by atoms with E-state index in [0.29, 0.717) is 5.01 Å². The molecule has 1 aromatic rings. The van der Waals surface area contributed by atoms with Gasteiger partial charge >= 0.3 is 18.2 Å². The minimum Gasteiger partial charge on any atom is -0.460 e. The molecule has 1 rings (SSSR count). The molecule has 0 aliphatic rings. The summed E-state index contributed by atoms with van der Waals surface area (Å²) in [4.78, 5) is 38.0. The molecule has 0 spiro atoms. The minimum absolute atomic E-state index is 0.286. The lowest BCUT2D eigenvalue weighted by Crippen LogP contribution is -2.59. The van der Waals surface area contributed by atoms with E-state index in [1.54, 1.807) is 78.8 Å². The molecule has 9 nitrogen and oxygen atoms in total. The van der Waals surface area contributed by atoms with Gasteiger partial charge < -0.3 is 14.2 Å². The Balaban J connectivity index is 3.55. The zero-order valence-corrected chi connectivity index (χ0v) is 19.1. The van der Waals surface area contributed by atoms with Crippen LogP contribution in [-0.4, -0.2) is 41.0 Å². The van der Waals surface area contributed by atoms with E-state index >= 15 is 0 Å². The van der Waals surface area contributed by atoms with Gasteiger partial charge in [-0.15, -0.1) is 0 Å². The number of hydrogen-bond acceptors (Lipinski definition) is 7. The molecule has 0 radical (unpaired) electrons. The molecular weight excluding hydrogens is 402 g/mol. The molecule has 1 unspecified atom stereocenters. The molecule has 1 N–H and O–H groups in total. The molecule has 1 aromatic carbocycles. The number of hydrazine groups is 1. The van der Waals surface area contributed by atoms with Crippen LogP contribution in [0.4, 0.5) is 9.59 Å². The molecule has 9 heteroatoms. The Hall–Kier alpha value is -3.28. The van der Waals surface area contributed by atoms with Gasteiger partial charge in [-0.25, -0.2) is 15.0 Å². The minimum atomic E-state index is -1.95. The van der Waals surface area contributed by atoms with Crippen molar-refractivity contribution in [2.24, 2.45) is 0 Å². The first-order valence-electron chi connectivity index (χ1n) is 9.97. The van der Waals surface area contributed by atoms with E-state index in [9.17, 15) is 19.6 Å². The molecule has 0 aliphatic carbocycles. The first kappa shape index (κ1) is 25.8. The third-order valence-electron chi connectivity index (χ3n) is 3.70. The largest absolute Gasteiger partial charge is 0.460 e. The van der Waals surface area contributed by atoms with Gasteiger partial charge in [-0.2, -0.15) is 10.3 Å². The molecule has 0 heterocycles. The topological polar surface area (TPSA) is 118 Å². The summed E-state index contributed by atoms with van der Waals surface area (Å²) in [5.74, 6) is -0.737. The monoisotopic (exact) mass is 433 g/mol. The number of carbonyl (C=O) groups is 3. The molecule has 1 atom stereocenters. The van der Waals surface area contributed by atoms with Crippen molar-refractivity contribution in [3.05, 3.63) is 35.9 Å². The second kappa shape index (κ2) is 10.7. The second-order valence-electron chi connectivity index (χ2n) is 8.44. The average molecular weight is 434 g/mol. The van der Waals surface area contributed by atoms with E-state index in [1.807, 2.05) is 6.07 Å². The predicted octanol–water partition coefficient (Wildman–Crippen LogP) is 4.03. The van der Waals surface area contributed by atoms with Gasteiger partial charge in [0.05, 0.1) is 24.7 Å². The summed E-state index contributed by atoms with van der Waals surface area (Å²) >= 11 is 0. The number of benzene rings is 1. The summed E-state index contributed by atoms with van der Waals surface area (Å²) in [5, 5.41) is 10.9. The molecule has 170 valence electrons. The lowest BCUT2D eigenvalue weighted by molar-refractivity contribution is -0.157. The van der Waals surface area contributed by atoms with Crippen LogP contribution in [-0.2, 0) is 24.5 Å². The van der Waals surface area contributed by atoms with Crippen molar-refractivity contribution in [2.45, 2.75) is 78.2 Å². The molecular formula is C22H31N3O6. The number of nitrogens with one attached hydrogen (secondary N) is 1. The summed E-state index contributed by atoms with van der Waals surface area (Å²) in [6, 6.07) is 10.2. The maximum Gasteiger partial charge on any atom is 0.430 e. The molecule has 0 bridgehead atoms. The van der Waals surface area contributed by atoms with Gasteiger partial charge in [-0.05, 0) is 54.0 Å². The smallest absolute Gasteiger partial charge is 0.430 e. The normalized spacial score (nSPS) is 13.0. The van der Waals surface area contributed by atoms with Crippen LogP contribution in [0, 0.1) is 11.3 Å². The van der Waals surface area contributed by atoms with Crippen LogP contribution in [0.25, 0.3) is 0 Å². The maximum absolute atomic E-state index is 13.0. The first-order chi connectivity index (χ1) is 14.3. The number of esters is 1. The van der Waals surface area contributed by atoms with Gasteiger partial charge in [0, 0.05) is 0 Å². The lowest BCUT2D eigenvalue weighted by Gasteiger charge is -2.38. The van der Waals surface area contributed by atoms with Gasteiger partial charge in [0.25, 0.3) is 0 Å². The number of nitriles is 1. The van der Waals surface area contributed by atoms with Crippen molar-refractivity contribution >= 4 is 18.2 Å². The van der Waals surface area contributed by atoms with E-state index in [-0.39, 0.29) is 5.56 Å². The number of rotatable bonds is 6. The highest BCUT2D eigenvalue weighted by Crippen LogP contribution is 2.33.